The van der Waals surface area contributed by atoms with Gasteiger partial charge in [0.1, 0.15) is 10.5 Å². The summed E-state index contributed by atoms with van der Waals surface area (Å²) >= 11 is 0. The predicted molar refractivity (Wildman–Crippen MR) is 98.2 cm³/mol. The molecule has 7 nitrogen and oxygen atoms in total. The van der Waals surface area contributed by atoms with E-state index >= 15 is 0 Å². The molecule has 0 saturated heterocycles. The summed E-state index contributed by atoms with van der Waals surface area (Å²) in [6, 6.07) is 14.6. The van der Waals surface area contributed by atoms with Gasteiger partial charge in [0.05, 0.1) is 36.4 Å². The third-order valence-electron chi connectivity index (χ3n) is 5.14. The van der Waals surface area contributed by atoms with E-state index in [9.17, 15) is 15.2 Å². The minimum Gasteiger partial charge on any atom is -0.401 e. The van der Waals surface area contributed by atoms with Crippen LogP contribution in [0.2, 0.25) is 0 Å². The van der Waals surface area contributed by atoms with Crippen molar-refractivity contribution in [3.05, 3.63) is 82.3 Å². The number of nitrogens with zero attached hydrogens (tertiary/aromatic N) is 3. The molecule has 2 aromatic heterocycles. The summed E-state index contributed by atoms with van der Waals surface area (Å²) in [7, 11) is 0. The standard InChI is InChI=1S/C20H15N3O4/c24-18(12-5-6-19-13(7-12)8-20(27-19)23(25)26)9-16-14-3-1-2-4-15(14)17-10-21-11-22(16)17/h1-8,10-11,16,18,24H,9H2. The van der Waals surface area contributed by atoms with E-state index in [0.29, 0.717) is 23.0 Å². The van der Waals surface area contributed by atoms with Crippen LogP contribution >= 0.6 is 0 Å². The van der Waals surface area contributed by atoms with Crippen LogP contribution in [0.4, 0.5) is 5.88 Å². The normalized spacial score (nSPS) is 16.3. The average Bonchev–Trinajstić information content (AvgIpc) is 3.37. The Hall–Kier alpha value is -3.45. The molecule has 0 radical (unpaired) electrons. The van der Waals surface area contributed by atoms with E-state index in [1.165, 1.54) is 6.07 Å². The molecule has 2 unspecified atom stereocenters. The van der Waals surface area contributed by atoms with E-state index in [2.05, 4.69) is 21.7 Å². The van der Waals surface area contributed by atoms with Crippen molar-refractivity contribution in [1.82, 2.24) is 9.55 Å². The number of aliphatic hydroxyl groups is 1. The van der Waals surface area contributed by atoms with Crippen molar-refractivity contribution >= 4 is 16.9 Å². The van der Waals surface area contributed by atoms with Crippen molar-refractivity contribution in [2.24, 2.45) is 0 Å². The van der Waals surface area contributed by atoms with Gasteiger partial charge in [-0.2, -0.15) is 0 Å². The number of hydrogen-bond donors (Lipinski definition) is 1. The highest BCUT2D eigenvalue weighted by atomic mass is 16.6. The summed E-state index contributed by atoms with van der Waals surface area (Å²) in [5.74, 6) is -0.301. The van der Waals surface area contributed by atoms with E-state index in [4.69, 9.17) is 4.42 Å². The van der Waals surface area contributed by atoms with Gasteiger partial charge >= 0.3 is 5.88 Å². The number of nitro groups is 1. The summed E-state index contributed by atoms with van der Waals surface area (Å²) in [5.41, 5.74) is 4.47. The number of hydrogen-bond acceptors (Lipinski definition) is 5. The fraction of sp³-hybridized carbons (Fsp3) is 0.150. The van der Waals surface area contributed by atoms with Gasteiger partial charge in [0.2, 0.25) is 0 Å². The molecular formula is C20H15N3O4. The minimum atomic E-state index is -0.727. The van der Waals surface area contributed by atoms with E-state index in [-0.39, 0.29) is 11.9 Å². The van der Waals surface area contributed by atoms with Crippen molar-refractivity contribution in [2.45, 2.75) is 18.6 Å². The zero-order valence-corrected chi connectivity index (χ0v) is 14.1. The van der Waals surface area contributed by atoms with Gasteiger partial charge < -0.3 is 14.1 Å². The summed E-state index contributed by atoms with van der Waals surface area (Å²) in [6.45, 7) is 0. The van der Waals surface area contributed by atoms with Crippen LogP contribution in [0.3, 0.4) is 0 Å². The first-order chi connectivity index (χ1) is 13.1. The van der Waals surface area contributed by atoms with Gasteiger partial charge in [0.15, 0.2) is 0 Å². The number of furan rings is 1. The Labute approximate surface area is 153 Å². The lowest BCUT2D eigenvalue weighted by Crippen LogP contribution is -2.10. The smallest absolute Gasteiger partial charge is 0.401 e. The molecule has 7 heteroatoms. The van der Waals surface area contributed by atoms with Gasteiger partial charge in [0, 0.05) is 17.4 Å². The highest BCUT2D eigenvalue weighted by Crippen LogP contribution is 2.43. The fourth-order valence-corrected chi connectivity index (χ4v) is 3.87. The van der Waals surface area contributed by atoms with Crippen LogP contribution in [0.15, 0.2) is 65.5 Å². The van der Waals surface area contributed by atoms with E-state index < -0.39 is 11.0 Å². The molecule has 0 fully saturated rings. The van der Waals surface area contributed by atoms with Crippen LogP contribution in [-0.4, -0.2) is 19.6 Å². The second kappa shape index (κ2) is 5.78. The second-order valence-corrected chi connectivity index (χ2v) is 6.68. The first kappa shape index (κ1) is 15.8. The molecule has 27 heavy (non-hydrogen) atoms. The Bertz CT molecular complexity index is 1180. The maximum Gasteiger partial charge on any atom is 0.434 e. The highest BCUT2D eigenvalue weighted by molar-refractivity contribution is 5.80. The molecule has 0 saturated carbocycles. The quantitative estimate of drug-likeness (QED) is 0.433. The molecule has 2 aromatic carbocycles. The van der Waals surface area contributed by atoms with Crippen molar-refractivity contribution < 1.29 is 14.4 Å². The molecule has 1 aliphatic rings. The van der Waals surface area contributed by atoms with Crippen molar-refractivity contribution in [3.63, 3.8) is 0 Å². The third kappa shape index (κ3) is 2.43. The van der Waals surface area contributed by atoms with Crippen LogP contribution in [0.1, 0.15) is 29.7 Å². The largest absolute Gasteiger partial charge is 0.434 e. The van der Waals surface area contributed by atoms with Gasteiger partial charge in [-0.05, 0) is 23.3 Å². The second-order valence-electron chi connectivity index (χ2n) is 6.68. The fourth-order valence-electron chi connectivity index (χ4n) is 3.87. The summed E-state index contributed by atoms with van der Waals surface area (Å²) in [5, 5.41) is 22.3. The van der Waals surface area contributed by atoms with Crippen LogP contribution in [0.25, 0.3) is 22.2 Å². The topological polar surface area (TPSA) is 94.3 Å². The molecule has 1 aliphatic heterocycles. The van der Waals surface area contributed by atoms with Gasteiger partial charge in [-0.3, -0.25) is 10.1 Å². The Balaban J connectivity index is 1.48. The molecule has 134 valence electrons. The van der Waals surface area contributed by atoms with Crippen molar-refractivity contribution in [1.29, 1.82) is 0 Å². The summed E-state index contributed by atoms with van der Waals surface area (Å²) in [6.07, 6.45) is 3.37. The Kier molecular flexibility index (Phi) is 3.38. The Morgan fingerprint density at radius 1 is 1.26 bits per heavy atom. The zero-order chi connectivity index (χ0) is 18.5. The van der Waals surface area contributed by atoms with Gasteiger partial charge in [-0.1, -0.05) is 30.3 Å². The van der Waals surface area contributed by atoms with Gasteiger partial charge in [-0.25, -0.2) is 4.98 Å². The molecule has 1 N–H and O–H groups in total. The highest BCUT2D eigenvalue weighted by Gasteiger charge is 2.30. The number of fused-ring (bicyclic) bond motifs is 4. The van der Waals surface area contributed by atoms with Crippen LogP contribution < -0.4 is 0 Å². The molecule has 3 heterocycles. The maximum atomic E-state index is 10.9. The molecule has 5 rings (SSSR count). The van der Waals surface area contributed by atoms with E-state index in [0.717, 1.165) is 16.8 Å². The molecule has 0 amide bonds. The van der Waals surface area contributed by atoms with Crippen LogP contribution in [0.5, 0.6) is 0 Å². The number of aliphatic hydroxyl groups excluding tert-OH is 1. The predicted octanol–water partition coefficient (Wildman–Crippen LogP) is 4.23. The molecule has 4 aromatic rings. The minimum absolute atomic E-state index is 0.0110. The molecule has 0 aliphatic carbocycles. The van der Waals surface area contributed by atoms with Crippen molar-refractivity contribution in [2.75, 3.05) is 0 Å². The third-order valence-corrected chi connectivity index (χ3v) is 5.14. The van der Waals surface area contributed by atoms with Gasteiger partial charge in [-0.15, -0.1) is 0 Å². The lowest BCUT2D eigenvalue weighted by molar-refractivity contribution is -0.401. The monoisotopic (exact) mass is 361 g/mol. The first-order valence-electron chi connectivity index (χ1n) is 8.59. The Morgan fingerprint density at radius 2 is 2.11 bits per heavy atom. The Morgan fingerprint density at radius 3 is 2.96 bits per heavy atom. The molecule has 2 atom stereocenters. The maximum absolute atomic E-state index is 10.9. The number of benzene rings is 2. The lowest BCUT2D eigenvalue weighted by atomic mass is 9.95. The molecular weight excluding hydrogens is 346 g/mol. The lowest BCUT2D eigenvalue weighted by Gasteiger charge is -2.19. The van der Waals surface area contributed by atoms with Crippen molar-refractivity contribution in [3.8, 4) is 11.3 Å². The molecule has 0 spiro atoms. The van der Waals surface area contributed by atoms with Crippen LogP contribution in [0, 0.1) is 10.1 Å². The van der Waals surface area contributed by atoms with E-state index in [1.807, 2.05) is 18.3 Å². The first-order valence-corrected chi connectivity index (χ1v) is 8.59. The summed E-state index contributed by atoms with van der Waals surface area (Å²) in [4.78, 5) is 14.6. The van der Waals surface area contributed by atoms with E-state index in [1.54, 1.807) is 24.5 Å². The number of aromatic nitrogens is 2. The number of imidazole rings is 1. The zero-order valence-electron chi connectivity index (χ0n) is 14.1. The number of rotatable bonds is 4. The average molecular weight is 361 g/mol. The summed E-state index contributed by atoms with van der Waals surface area (Å²) < 4.78 is 7.27. The van der Waals surface area contributed by atoms with Crippen LogP contribution in [-0.2, 0) is 0 Å². The van der Waals surface area contributed by atoms with Gasteiger partial charge in [0.25, 0.3) is 0 Å². The molecule has 0 bridgehead atoms. The SMILES string of the molecule is O=[N+]([O-])c1cc2cc(C(O)CC3c4ccccc4-c4cncn43)ccc2o1.